The van der Waals surface area contributed by atoms with Gasteiger partial charge in [0, 0.05) is 29.8 Å². The highest BCUT2D eigenvalue weighted by atomic mass is 16.2. The van der Waals surface area contributed by atoms with Crippen molar-refractivity contribution >= 4 is 17.3 Å². The van der Waals surface area contributed by atoms with Crippen molar-refractivity contribution in [1.82, 2.24) is 0 Å². The van der Waals surface area contributed by atoms with Gasteiger partial charge in [0.25, 0.3) is 0 Å². The standard InChI is InChI=1S/C21H26N2O/c1-4-18-15(3)21(22-16-11-7-6-8-12-16)17-13-9-10-14-19(17)23(18)20(24)5-2/h6-15,18,21-22H,4-5H2,1-3H3/t15-,18-,21-/m1/s1. The molecule has 0 saturated carbocycles. The summed E-state index contributed by atoms with van der Waals surface area (Å²) in [6, 6.07) is 19.1. The third-order valence-electron chi connectivity index (χ3n) is 5.08. The summed E-state index contributed by atoms with van der Waals surface area (Å²) in [7, 11) is 0. The summed E-state index contributed by atoms with van der Waals surface area (Å²) in [5.41, 5.74) is 3.39. The third kappa shape index (κ3) is 2.91. The van der Waals surface area contributed by atoms with Gasteiger partial charge in [-0.25, -0.2) is 0 Å². The van der Waals surface area contributed by atoms with Gasteiger partial charge in [0.15, 0.2) is 0 Å². The molecule has 1 heterocycles. The van der Waals surface area contributed by atoms with Gasteiger partial charge < -0.3 is 10.2 Å². The molecule has 0 spiro atoms. The van der Waals surface area contributed by atoms with Crippen LogP contribution < -0.4 is 10.2 Å². The minimum Gasteiger partial charge on any atom is -0.378 e. The molecule has 0 unspecified atom stereocenters. The van der Waals surface area contributed by atoms with Gasteiger partial charge in [0.1, 0.15) is 0 Å². The van der Waals surface area contributed by atoms with Crippen LogP contribution in [-0.2, 0) is 4.79 Å². The molecule has 1 aliphatic heterocycles. The SMILES string of the molecule is CCC(=O)N1c2ccccc2[C@H](Nc2ccccc2)[C@H](C)[C@H]1CC. The van der Waals surface area contributed by atoms with Crippen LogP contribution in [0.25, 0.3) is 0 Å². The summed E-state index contributed by atoms with van der Waals surface area (Å²) in [4.78, 5) is 14.6. The molecule has 2 aromatic carbocycles. The van der Waals surface area contributed by atoms with Crippen molar-refractivity contribution in [2.45, 2.75) is 45.7 Å². The molecule has 3 atom stereocenters. The number of carbonyl (C=O) groups excluding carboxylic acids is 1. The summed E-state index contributed by atoms with van der Waals surface area (Å²) in [5.74, 6) is 0.542. The summed E-state index contributed by atoms with van der Waals surface area (Å²) in [6.45, 7) is 6.36. The molecule has 1 amide bonds. The van der Waals surface area contributed by atoms with E-state index in [-0.39, 0.29) is 18.0 Å². The number of para-hydroxylation sites is 2. The molecule has 1 N–H and O–H groups in total. The predicted molar refractivity (Wildman–Crippen MR) is 100 cm³/mol. The van der Waals surface area contributed by atoms with Crippen molar-refractivity contribution in [3.05, 3.63) is 60.2 Å². The number of anilines is 2. The molecule has 0 radical (unpaired) electrons. The lowest BCUT2D eigenvalue weighted by Crippen LogP contribution is -2.50. The lowest BCUT2D eigenvalue weighted by Gasteiger charge is -2.45. The zero-order chi connectivity index (χ0) is 17.1. The van der Waals surface area contributed by atoms with Gasteiger partial charge in [-0.2, -0.15) is 0 Å². The van der Waals surface area contributed by atoms with Crippen LogP contribution in [0.1, 0.15) is 45.2 Å². The zero-order valence-corrected chi connectivity index (χ0v) is 14.7. The van der Waals surface area contributed by atoms with Crippen molar-refractivity contribution in [2.75, 3.05) is 10.2 Å². The van der Waals surface area contributed by atoms with Crippen LogP contribution in [0.5, 0.6) is 0 Å². The molecule has 3 heteroatoms. The second-order valence-corrected chi connectivity index (χ2v) is 6.50. The average Bonchev–Trinajstić information content (AvgIpc) is 2.63. The number of hydrogen-bond acceptors (Lipinski definition) is 2. The topological polar surface area (TPSA) is 32.3 Å². The second kappa shape index (κ2) is 7.08. The number of hydrogen-bond donors (Lipinski definition) is 1. The van der Waals surface area contributed by atoms with Crippen molar-refractivity contribution < 1.29 is 4.79 Å². The maximum Gasteiger partial charge on any atom is 0.226 e. The highest BCUT2D eigenvalue weighted by molar-refractivity contribution is 5.95. The largest absolute Gasteiger partial charge is 0.378 e. The van der Waals surface area contributed by atoms with E-state index in [9.17, 15) is 4.79 Å². The molecule has 0 saturated heterocycles. The van der Waals surface area contributed by atoms with E-state index >= 15 is 0 Å². The smallest absolute Gasteiger partial charge is 0.226 e. The Labute approximate surface area is 144 Å². The molecule has 24 heavy (non-hydrogen) atoms. The van der Waals surface area contributed by atoms with Crippen LogP contribution in [0, 0.1) is 5.92 Å². The van der Waals surface area contributed by atoms with E-state index in [1.807, 2.05) is 36.1 Å². The van der Waals surface area contributed by atoms with Crippen molar-refractivity contribution in [1.29, 1.82) is 0 Å². The minimum atomic E-state index is 0.203. The first-order valence-electron chi connectivity index (χ1n) is 8.89. The average molecular weight is 322 g/mol. The maximum atomic E-state index is 12.6. The Hall–Kier alpha value is -2.29. The molecule has 0 bridgehead atoms. The molecule has 0 fully saturated rings. The Kier molecular flexibility index (Phi) is 4.89. The number of fused-ring (bicyclic) bond motifs is 1. The number of rotatable bonds is 4. The molecule has 1 aliphatic rings. The third-order valence-corrected chi connectivity index (χ3v) is 5.08. The number of nitrogens with one attached hydrogen (secondary N) is 1. The maximum absolute atomic E-state index is 12.6. The van der Waals surface area contributed by atoms with Gasteiger partial charge in [-0.05, 0) is 30.2 Å². The molecule has 2 aromatic rings. The first kappa shape index (κ1) is 16.6. The van der Waals surface area contributed by atoms with Crippen molar-refractivity contribution in [3.63, 3.8) is 0 Å². The molecular formula is C21H26N2O. The van der Waals surface area contributed by atoms with Crippen LogP contribution >= 0.6 is 0 Å². The van der Waals surface area contributed by atoms with Crippen LogP contribution in [-0.4, -0.2) is 11.9 Å². The van der Waals surface area contributed by atoms with Gasteiger partial charge in [-0.3, -0.25) is 4.79 Å². The molecule has 126 valence electrons. The van der Waals surface area contributed by atoms with E-state index in [0.717, 1.165) is 17.8 Å². The summed E-state index contributed by atoms with van der Waals surface area (Å²) >= 11 is 0. The lowest BCUT2D eigenvalue weighted by atomic mass is 9.80. The highest BCUT2D eigenvalue weighted by Gasteiger charge is 2.39. The Bertz CT molecular complexity index is 698. The number of nitrogens with zero attached hydrogens (tertiary/aromatic N) is 1. The molecule has 3 rings (SSSR count). The molecular weight excluding hydrogens is 296 g/mol. The zero-order valence-electron chi connectivity index (χ0n) is 14.7. The summed E-state index contributed by atoms with van der Waals surface area (Å²) in [5, 5.41) is 3.69. The fraction of sp³-hybridized carbons (Fsp3) is 0.381. The second-order valence-electron chi connectivity index (χ2n) is 6.50. The van der Waals surface area contributed by atoms with Crippen LogP contribution in [0.4, 0.5) is 11.4 Å². The van der Waals surface area contributed by atoms with Gasteiger partial charge in [0.05, 0.1) is 6.04 Å². The van der Waals surface area contributed by atoms with Gasteiger partial charge in [0.2, 0.25) is 5.91 Å². The molecule has 0 aliphatic carbocycles. The van der Waals surface area contributed by atoms with Crippen LogP contribution in [0.15, 0.2) is 54.6 Å². The van der Waals surface area contributed by atoms with E-state index in [0.29, 0.717) is 12.3 Å². The predicted octanol–water partition coefficient (Wildman–Crippen LogP) is 5.01. The Balaban J connectivity index is 2.05. The van der Waals surface area contributed by atoms with E-state index in [4.69, 9.17) is 0 Å². The molecule has 3 nitrogen and oxygen atoms in total. The van der Waals surface area contributed by atoms with Gasteiger partial charge in [-0.15, -0.1) is 0 Å². The van der Waals surface area contributed by atoms with E-state index in [1.165, 1.54) is 5.56 Å². The Morgan fingerprint density at radius 3 is 2.38 bits per heavy atom. The van der Waals surface area contributed by atoms with Crippen molar-refractivity contribution in [3.8, 4) is 0 Å². The van der Waals surface area contributed by atoms with Crippen molar-refractivity contribution in [2.24, 2.45) is 5.92 Å². The van der Waals surface area contributed by atoms with E-state index < -0.39 is 0 Å². The van der Waals surface area contributed by atoms with Crippen LogP contribution in [0.3, 0.4) is 0 Å². The van der Waals surface area contributed by atoms with E-state index in [1.54, 1.807) is 0 Å². The normalized spacial score (nSPS) is 22.8. The number of carbonyl (C=O) groups is 1. The fourth-order valence-corrected chi connectivity index (χ4v) is 3.86. The first-order valence-corrected chi connectivity index (χ1v) is 8.89. The minimum absolute atomic E-state index is 0.203. The Morgan fingerprint density at radius 2 is 1.71 bits per heavy atom. The van der Waals surface area contributed by atoms with E-state index in [2.05, 4.69) is 49.5 Å². The highest BCUT2D eigenvalue weighted by Crippen LogP contribution is 2.43. The van der Waals surface area contributed by atoms with Crippen LogP contribution in [0.2, 0.25) is 0 Å². The molecule has 0 aromatic heterocycles. The van der Waals surface area contributed by atoms with Gasteiger partial charge in [-0.1, -0.05) is 57.2 Å². The number of amides is 1. The lowest BCUT2D eigenvalue weighted by molar-refractivity contribution is -0.119. The fourth-order valence-electron chi connectivity index (χ4n) is 3.86. The monoisotopic (exact) mass is 322 g/mol. The van der Waals surface area contributed by atoms with Gasteiger partial charge >= 0.3 is 0 Å². The summed E-state index contributed by atoms with van der Waals surface area (Å²) < 4.78 is 0. The number of benzene rings is 2. The quantitative estimate of drug-likeness (QED) is 0.858. The Morgan fingerprint density at radius 1 is 1.04 bits per heavy atom. The first-order chi connectivity index (χ1) is 11.7. The summed E-state index contributed by atoms with van der Waals surface area (Å²) in [6.07, 6.45) is 1.49.